The lowest BCUT2D eigenvalue weighted by Gasteiger charge is -2.43. The molecule has 134 valence electrons. The van der Waals surface area contributed by atoms with Crippen LogP contribution in [0.15, 0.2) is 24.3 Å². The molecule has 0 amide bonds. The van der Waals surface area contributed by atoms with E-state index in [9.17, 15) is 5.11 Å². The Labute approximate surface area is 143 Å². The van der Waals surface area contributed by atoms with Crippen molar-refractivity contribution in [2.24, 2.45) is 0 Å². The molecule has 2 heterocycles. The van der Waals surface area contributed by atoms with Crippen molar-refractivity contribution in [3.8, 4) is 5.75 Å². The first-order valence-electron chi connectivity index (χ1n) is 8.74. The van der Waals surface area contributed by atoms with Gasteiger partial charge in [-0.25, -0.2) is 0 Å². The van der Waals surface area contributed by atoms with E-state index in [-0.39, 0.29) is 24.5 Å². The number of ether oxygens (including phenoxy) is 3. The Kier molecular flexibility index (Phi) is 5.73. The molecule has 0 aromatic heterocycles. The Morgan fingerprint density at radius 1 is 1.29 bits per heavy atom. The quantitative estimate of drug-likeness (QED) is 0.774. The molecule has 3 rings (SSSR count). The number of methoxy groups -OCH3 is 1. The fourth-order valence-corrected chi connectivity index (χ4v) is 3.76. The van der Waals surface area contributed by atoms with E-state index in [1.807, 2.05) is 24.3 Å². The van der Waals surface area contributed by atoms with Gasteiger partial charge >= 0.3 is 0 Å². The maximum absolute atomic E-state index is 11.0. The van der Waals surface area contributed by atoms with Crippen molar-refractivity contribution in [1.29, 1.82) is 0 Å². The highest BCUT2D eigenvalue weighted by molar-refractivity contribution is 5.33. The molecule has 6 heteroatoms. The molecule has 2 saturated heterocycles. The third kappa shape index (κ3) is 3.30. The normalized spacial score (nSPS) is 32.3. The monoisotopic (exact) mass is 336 g/mol. The second-order valence-corrected chi connectivity index (χ2v) is 6.30. The molecule has 0 radical (unpaired) electrons. The first-order valence-corrected chi connectivity index (χ1v) is 8.74. The van der Waals surface area contributed by atoms with Crippen molar-refractivity contribution in [2.45, 2.75) is 51.0 Å². The minimum Gasteiger partial charge on any atom is -0.496 e. The highest BCUT2D eigenvalue weighted by Crippen LogP contribution is 2.31. The first kappa shape index (κ1) is 17.6. The number of aliphatic hydroxyl groups is 1. The number of para-hydroxylation sites is 1. The summed E-state index contributed by atoms with van der Waals surface area (Å²) in [5.41, 5.74) is 1.06. The number of benzene rings is 1. The van der Waals surface area contributed by atoms with Gasteiger partial charge in [0.25, 0.3) is 0 Å². The molecule has 0 unspecified atom stereocenters. The van der Waals surface area contributed by atoms with Gasteiger partial charge in [0.05, 0.1) is 31.9 Å². The zero-order valence-electron chi connectivity index (χ0n) is 14.6. The summed E-state index contributed by atoms with van der Waals surface area (Å²) in [4.78, 5) is 2.20. The molecule has 6 nitrogen and oxygen atoms in total. The summed E-state index contributed by atoms with van der Waals surface area (Å²) in [5.74, 6) is 0.844. The fourth-order valence-electron chi connectivity index (χ4n) is 3.76. The molecule has 1 aromatic carbocycles. The molecule has 5 atom stereocenters. The number of rotatable bonds is 7. The summed E-state index contributed by atoms with van der Waals surface area (Å²) in [6.45, 7) is 7.02. The van der Waals surface area contributed by atoms with Gasteiger partial charge in [0.1, 0.15) is 11.9 Å². The minimum atomic E-state index is -0.536. The Bertz CT molecular complexity index is 536. The number of likely N-dealkylation sites (N-methyl/N-ethyl adjacent to an activating group) is 1. The van der Waals surface area contributed by atoms with Gasteiger partial charge in [0.2, 0.25) is 0 Å². The van der Waals surface area contributed by atoms with E-state index in [0.29, 0.717) is 13.2 Å². The van der Waals surface area contributed by atoms with E-state index >= 15 is 0 Å². The average Bonchev–Trinajstić information content (AvgIpc) is 3.04. The predicted molar refractivity (Wildman–Crippen MR) is 91.0 cm³/mol. The molecule has 1 aromatic rings. The van der Waals surface area contributed by atoms with E-state index in [2.05, 4.69) is 24.1 Å². The molecule has 24 heavy (non-hydrogen) atoms. The maximum Gasteiger partial charge on any atom is 0.176 e. The Morgan fingerprint density at radius 2 is 2.04 bits per heavy atom. The average molecular weight is 336 g/mol. The number of aliphatic hydroxyl groups excluding tert-OH is 1. The molecular formula is C18H28N2O4. The van der Waals surface area contributed by atoms with Gasteiger partial charge in [-0.3, -0.25) is 4.90 Å². The van der Waals surface area contributed by atoms with E-state index in [4.69, 9.17) is 14.2 Å². The molecule has 0 saturated carbocycles. The highest BCUT2D eigenvalue weighted by atomic mass is 16.7. The lowest BCUT2D eigenvalue weighted by atomic mass is 9.94. The van der Waals surface area contributed by atoms with Crippen LogP contribution in [0.2, 0.25) is 0 Å². The zero-order valence-corrected chi connectivity index (χ0v) is 14.6. The topological polar surface area (TPSA) is 63.2 Å². The van der Waals surface area contributed by atoms with Crippen molar-refractivity contribution >= 4 is 0 Å². The Morgan fingerprint density at radius 3 is 2.75 bits per heavy atom. The molecule has 2 aliphatic heterocycles. The second kappa shape index (κ2) is 7.80. The van der Waals surface area contributed by atoms with Gasteiger partial charge in [-0.05, 0) is 19.2 Å². The van der Waals surface area contributed by atoms with Crippen LogP contribution in [0.3, 0.4) is 0 Å². The molecule has 2 bridgehead atoms. The van der Waals surface area contributed by atoms with Crippen LogP contribution in [0.1, 0.15) is 19.4 Å². The minimum absolute atomic E-state index is 0.119. The van der Waals surface area contributed by atoms with Gasteiger partial charge in [0, 0.05) is 12.1 Å². The van der Waals surface area contributed by atoms with Gasteiger partial charge in [-0.1, -0.05) is 32.0 Å². The molecule has 0 aliphatic carbocycles. The van der Waals surface area contributed by atoms with Crippen LogP contribution in [0.25, 0.3) is 0 Å². The van der Waals surface area contributed by atoms with E-state index in [1.165, 1.54) is 0 Å². The standard InChI is InChI=1S/C18H28N2O4/c1-4-20(5-2)16-17(21)15(14-11-23-18(16)24-14)19-10-12-8-6-7-9-13(12)22-3/h6-9,14-19,21H,4-5,10-11H2,1-3H3/t14-,15-,16-,17+,18-/m1/s1. The van der Waals surface area contributed by atoms with Crippen molar-refractivity contribution < 1.29 is 19.3 Å². The van der Waals surface area contributed by atoms with Crippen molar-refractivity contribution in [1.82, 2.24) is 10.2 Å². The highest BCUT2D eigenvalue weighted by Gasteiger charge is 2.51. The summed E-state index contributed by atoms with van der Waals surface area (Å²) < 4.78 is 17.2. The first-order chi connectivity index (χ1) is 11.7. The van der Waals surface area contributed by atoms with Crippen LogP contribution < -0.4 is 10.1 Å². The van der Waals surface area contributed by atoms with Crippen molar-refractivity contribution in [3.63, 3.8) is 0 Å². The van der Waals surface area contributed by atoms with Crippen LogP contribution >= 0.6 is 0 Å². The Hall–Kier alpha value is -1.18. The summed E-state index contributed by atoms with van der Waals surface area (Å²) in [7, 11) is 1.67. The van der Waals surface area contributed by atoms with Crippen molar-refractivity contribution in [3.05, 3.63) is 29.8 Å². The van der Waals surface area contributed by atoms with Gasteiger partial charge < -0.3 is 24.6 Å². The zero-order chi connectivity index (χ0) is 17.1. The van der Waals surface area contributed by atoms with Crippen LogP contribution in [0.4, 0.5) is 0 Å². The molecule has 2 N–H and O–H groups in total. The SMILES string of the molecule is CCN(CC)[C@H]1[C@@H]2OC[C@@H](O2)[C@@H](NCc2ccccc2OC)[C@@H]1O. The van der Waals surface area contributed by atoms with Gasteiger partial charge in [-0.15, -0.1) is 0 Å². The molecule has 2 fully saturated rings. The molecule has 0 spiro atoms. The van der Waals surface area contributed by atoms with E-state index in [1.54, 1.807) is 7.11 Å². The van der Waals surface area contributed by atoms with Crippen LogP contribution in [0, 0.1) is 0 Å². The van der Waals surface area contributed by atoms with Gasteiger partial charge in [0.15, 0.2) is 6.29 Å². The van der Waals surface area contributed by atoms with Crippen LogP contribution in [0.5, 0.6) is 5.75 Å². The summed E-state index contributed by atoms with van der Waals surface area (Å²) >= 11 is 0. The lowest BCUT2D eigenvalue weighted by molar-refractivity contribution is -0.181. The predicted octanol–water partition coefficient (Wildman–Crippen LogP) is 0.980. The maximum atomic E-state index is 11.0. The fraction of sp³-hybridized carbons (Fsp3) is 0.667. The largest absolute Gasteiger partial charge is 0.496 e. The Balaban J connectivity index is 1.72. The van der Waals surface area contributed by atoms with Gasteiger partial charge in [-0.2, -0.15) is 0 Å². The summed E-state index contributed by atoms with van der Waals surface area (Å²) in [6, 6.07) is 7.59. The smallest absolute Gasteiger partial charge is 0.176 e. The van der Waals surface area contributed by atoms with Crippen LogP contribution in [-0.2, 0) is 16.0 Å². The number of nitrogens with one attached hydrogen (secondary N) is 1. The number of hydrogen-bond acceptors (Lipinski definition) is 6. The summed E-state index contributed by atoms with van der Waals surface area (Å²) in [6.07, 6.45) is -0.994. The second-order valence-electron chi connectivity index (χ2n) is 6.30. The third-order valence-electron chi connectivity index (χ3n) is 5.09. The van der Waals surface area contributed by atoms with Crippen LogP contribution in [-0.4, -0.2) is 67.4 Å². The number of nitrogens with zero attached hydrogens (tertiary/aromatic N) is 1. The van der Waals surface area contributed by atoms with Crippen molar-refractivity contribution in [2.75, 3.05) is 26.8 Å². The summed E-state index contributed by atoms with van der Waals surface area (Å²) in [5, 5.41) is 14.4. The third-order valence-corrected chi connectivity index (χ3v) is 5.09. The molecular weight excluding hydrogens is 308 g/mol. The lowest BCUT2D eigenvalue weighted by Crippen LogP contribution is -2.64. The number of hydrogen-bond donors (Lipinski definition) is 2. The van der Waals surface area contributed by atoms with E-state index < -0.39 is 6.10 Å². The van der Waals surface area contributed by atoms with E-state index in [0.717, 1.165) is 24.4 Å². The molecule has 2 aliphatic rings. The number of fused-ring (bicyclic) bond motifs is 2.